The lowest BCUT2D eigenvalue weighted by atomic mass is 10.0. The Morgan fingerprint density at radius 2 is 0.831 bits per heavy atom. The predicted octanol–water partition coefficient (Wildman–Crippen LogP) is 14.0. The second kappa shape index (κ2) is 16.6. The minimum Gasteiger partial charge on any atom is -0.457 e. The van der Waals surface area contributed by atoms with E-state index >= 15 is 0 Å². The number of hydrogen-bond acceptors (Lipinski definition) is 8. The van der Waals surface area contributed by atoms with Crippen molar-refractivity contribution in [2.75, 3.05) is 0 Å². The molecule has 0 atom stereocenters. The van der Waals surface area contributed by atoms with Crippen LogP contribution < -0.4 is 18.9 Å². The van der Waals surface area contributed by atoms with E-state index in [0.29, 0.717) is 64.0 Å². The first-order valence-corrected chi connectivity index (χ1v) is 20.3. The maximum Gasteiger partial charge on any atom is 0.234 e. The fraction of sp³-hybridized carbons (Fsp3) is 0.240. The van der Waals surface area contributed by atoms with E-state index in [1.807, 2.05) is 78.9 Å². The summed E-state index contributed by atoms with van der Waals surface area (Å²) in [6.45, 7) is 17.2. The first-order chi connectivity index (χ1) is 28.5. The van der Waals surface area contributed by atoms with Crippen LogP contribution in [0, 0.1) is 0 Å². The average Bonchev–Trinajstić information content (AvgIpc) is 3.54. The number of benzene rings is 4. The van der Waals surface area contributed by atoms with Gasteiger partial charge < -0.3 is 18.9 Å². The number of rotatable bonds is 13. The van der Waals surface area contributed by atoms with Crippen LogP contribution >= 0.6 is 0 Å². The SMILES string of the molecule is CC(C)c1ccnc(Oc2ccc(C(C)C)c(Oc3ccc4c5ccc(Oc6cc(Oc7cc(C(C)C)ccn7)ccc6C(C)C)cc5n(-c5ncccn5)c4c3)c2)c1. The first kappa shape index (κ1) is 39.1. The van der Waals surface area contributed by atoms with Crippen LogP contribution in [0.3, 0.4) is 0 Å². The molecule has 0 unspecified atom stereocenters. The molecule has 0 fully saturated rings. The summed E-state index contributed by atoms with van der Waals surface area (Å²) in [6.07, 6.45) is 7.07. The van der Waals surface area contributed by atoms with Gasteiger partial charge in [-0.25, -0.2) is 19.9 Å². The molecule has 0 aliphatic carbocycles. The zero-order valence-corrected chi connectivity index (χ0v) is 34.8. The van der Waals surface area contributed by atoms with E-state index in [9.17, 15) is 0 Å². The number of aromatic nitrogens is 5. The Balaban J connectivity index is 1.16. The van der Waals surface area contributed by atoms with Crippen LogP contribution in [0.4, 0.5) is 0 Å². The molecule has 0 N–H and O–H groups in total. The molecule has 9 nitrogen and oxygen atoms in total. The highest BCUT2D eigenvalue weighted by atomic mass is 16.5. The van der Waals surface area contributed by atoms with Crippen molar-refractivity contribution in [3.05, 3.63) is 150 Å². The third-order valence-electron chi connectivity index (χ3n) is 10.4. The maximum absolute atomic E-state index is 6.72. The molecule has 4 aromatic carbocycles. The third-order valence-corrected chi connectivity index (χ3v) is 10.4. The minimum atomic E-state index is 0.212. The van der Waals surface area contributed by atoms with E-state index < -0.39 is 0 Å². The molecule has 0 radical (unpaired) electrons. The summed E-state index contributed by atoms with van der Waals surface area (Å²) in [7, 11) is 0. The molecule has 0 amide bonds. The normalized spacial score (nSPS) is 11.7. The second-order valence-corrected chi connectivity index (χ2v) is 16.0. The van der Waals surface area contributed by atoms with Crippen LogP contribution in [-0.2, 0) is 0 Å². The standard InChI is InChI=1S/C50H49N5O4/c1-30(2)34-18-22-51-48(24-34)58-38-10-14-40(32(5)6)46(28-38)56-36-12-16-42-43-17-13-37(27-45(43)55(44(42)26-36)50-53-20-9-21-54-50)57-47-29-39(11-15-41(47)33(7)8)59-49-25-35(31(3)4)19-23-52-49/h9-33H,1-8H3. The zero-order valence-electron chi connectivity index (χ0n) is 34.8. The van der Waals surface area contributed by atoms with Gasteiger partial charge in [0.25, 0.3) is 0 Å². The summed E-state index contributed by atoms with van der Waals surface area (Å²) in [6, 6.07) is 34.0. The molecule has 0 spiro atoms. The molecule has 9 heteroatoms. The van der Waals surface area contributed by atoms with Gasteiger partial charge in [-0.05, 0) is 101 Å². The van der Waals surface area contributed by atoms with Crippen molar-refractivity contribution in [3.8, 4) is 52.2 Å². The highest BCUT2D eigenvalue weighted by molar-refractivity contribution is 6.09. The van der Waals surface area contributed by atoms with Crippen molar-refractivity contribution in [2.24, 2.45) is 0 Å². The monoisotopic (exact) mass is 783 g/mol. The number of ether oxygens (including phenoxy) is 4. The molecule has 8 rings (SSSR count). The topological polar surface area (TPSA) is 93.4 Å². The van der Waals surface area contributed by atoms with Crippen LogP contribution in [-0.4, -0.2) is 24.5 Å². The first-order valence-electron chi connectivity index (χ1n) is 20.3. The summed E-state index contributed by atoms with van der Waals surface area (Å²) >= 11 is 0. The molecule has 0 aliphatic heterocycles. The summed E-state index contributed by atoms with van der Waals surface area (Å²) in [5.74, 6) is 6.81. The van der Waals surface area contributed by atoms with Gasteiger partial charge in [-0.1, -0.05) is 67.5 Å². The Hall–Kier alpha value is -6.74. The van der Waals surface area contributed by atoms with E-state index in [-0.39, 0.29) is 11.8 Å². The number of fused-ring (bicyclic) bond motifs is 3. The smallest absolute Gasteiger partial charge is 0.234 e. The van der Waals surface area contributed by atoms with E-state index in [1.165, 1.54) is 0 Å². The molecule has 4 aromatic heterocycles. The predicted molar refractivity (Wildman–Crippen MR) is 234 cm³/mol. The number of hydrogen-bond donors (Lipinski definition) is 0. The number of pyridine rings is 2. The van der Waals surface area contributed by atoms with Gasteiger partial charge in [-0.15, -0.1) is 0 Å². The van der Waals surface area contributed by atoms with Gasteiger partial charge in [0.1, 0.15) is 34.5 Å². The third kappa shape index (κ3) is 8.46. The molecule has 4 heterocycles. The summed E-state index contributed by atoms with van der Waals surface area (Å²) in [5.41, 5.74) is 6.23. The molecule has 59 heavy (non-hydrogen) atoms. The van der Waals surface area contributed by atoms with Crippen LogP contribution in [0.25, 0.3) is 27.8 Å². The molecule has 0 saturated carbocycles. The lowest BCUT2D eigenvalue weighted by Crippen LogP contribution is -2.00. The second-order valence-electron chi connectivity index (χ2n) is 16.0. The Morgan fingerprint density at radius 3 is 1.25 bits per heavy atom. The van der Waals surface area contributed by atoms with Crippen LogP contribution in [0.15, 0.2) is 128 Å². The lowest BCUT2D eigenvalue weighted by Gasteiger charge is -2.16. The highest BCUT2D eigenvalue weighted by Gasteiger charge is 2.19. The molecular weight excluding hydrogens is 735 g/mol. The Labute approximate surface area is 345 Å². The van der Waals surface area contributed by atoms with E-state index in [1.54, 1.807) is 24.8 Å². The Morgan fingerprint density at radius 1 is 0.407 bits per heavy atom. The van der Waals surface area contributed by atoms with Gasteiger partial charge in [0.15, 0.2) is 0 Å². The Bertz CT molecular complexity index is 2590. The van der Waals surface area contributed by atoms with Crippen LogP contribution in [0.2, 0.25) is 0 Å². The van der Waals surface area contributed by atoms with Gasteiger partial charge in [0.2, 0.25) is 17.7 Å². The van der Waals surface area contributed by atoms with Crippen molar-refractivity contribution in [2.45, 2.75) is 79.1 Å². The quantitative estimate of drug-likeness (QED) is 0.114. The fourth-order valence-corrected chi connectivity index (χ4v) is 7.19. The van der Waals surface area contributed by atoms with Gasteiger partial charge in [0, 0.05) is 72.0 Å². The summed E-state index contributed by atoms with van der Waals surface area (Å²) in [5, 5.41) is 2.05. The zero-order chi connectivity index (χ0) is 41.2. The fourth-order valence-electron chi connectivity index (χ4n) is 7.19. The van der Waals surface area contributed by atoms with E-state index in [4.69, 9.17) is 18.9 Å². The summed E-state index contributed by atoms with van der Waals surface area (Å²) < 4.78 is 28.0. The summed E-state index contributed by atoms with van der Waals surface area (Å²) in [4.78, 5) is 18.3. The van der Waals surface area contributed by atoms with Crippen molar-refractivity contribution in [1.29, 1.82) is 0 Å². The van der Waals surface area contributed by atoms with Gasteiger partial charge >= 0.3 is 0 Å². The van der Waals surface area contributed by atoms with Gasteiger partial charge in [-0.2, -0.15) is 0 Å². The van der Waals surface area contributed by atoms with Gasteiger partial charge in [0.05, 0.1) is 11.0 Å². The van der Waals surface area contributed by atoms with Crippen molar-refractivity contribution >= 4 is 21.8 Å². The largest absolute Gasteiger partial charge is 0.457 e. The molecule has 0 saturated heterocycles. The van der Waals surface area contributed by atoms with E-state index in [2.05, 4.69) is 104 Å². The Kier molecular flexibility index (Phi) is 11.0. The average molecular weight is 784 g/mol. The minimum absolute atomic E-state index is 0.212. The number of nitrogens with zero attached hydrogens (tertiary/aromatic N) is 5. The van der Waals surface area contributed by atoms with Gasteiger partial charge in [-0.3, -0.25) is 4.57 Å². The molecule has 298 valence electrons. The maximum atomic E-state index is 6.72. The van der Waals surface area contributed by atoms with E-state index in [0.717, 1.165) is 44.1 Å². The molecule has 8 aromatic rings. The van der Waals surface area contributed by atoms with Crippen molar-refractivity contribution in [1.82, 2.24) is 24.5 Å². The van der Waals surface area contributed by atoms with Crippen molar-refractivity contribution in [3.63, 3.8) is 0 Å². The van der Waals surface area contributed by atoms with Crippen molar-refractivity contribution < 1.29 is 18.9 Å². The molecular formula is C50H49N5O4. The lowest BCUT2D eigenvalue weighted by molar-refractivity contribution is 0.444. The van der Waals surface area contributed by atoms with Crippen LogP contribution in [0.5, 0.6) is 46.3 Å². The molecule has 0 aliphatic rings. The molecule has 0 bridgehead atoms. The highest BCUT2D eigenvalue weighted by Crippen LogP contribution is 2.41. The van der Waals surface area contributed by atoms with Crippen LogP contribution in [0.1, 0.15) is 101 Å².